The summed E-state index contributed by atoms with van der Waals surface area (Å²) in [5, 5.41) is 0. The molecule has 1 fully saturated rings. The number of likely N-dealkylation sites (tertiary alicyclic amines) is 1. The fraction of sp³-hybridized carbons (Fsp3) is 0.800. The molecule has 1 amide bonds. The Morgan fingerprint density at radius 2 is 2.20 bits per heavy atom. The maximum Gasteiger partial charge on any atom is 0.322 e. The lowest BCUT2D eigenvalue weighted by atomic mass is 9.94. The number of hydrogen-bond acceptors (Lipinski definition) is 2. The molecule has 0 N–H and O–H groups in total. The van der Waals surface area contributed by atoms with Gasteiger partial charge in [-0.25, -0.2) is 0 Å². The summed E-state index contributed by atoms with van der Waals surface area (Å²) < 4.78 is 25.5. The molecule has 0 saturated carbocycles. The third-order valence-electron chi connectivity index (χ3n) is 2.68. The van der Waals surface area contributed by atoms with E-state index in [1.807, 2.05) is 6.92 Å². The van der Waals surface area contributed by atoms with Gasteiger partial charge in [0.15, 0.2) is 0 Å². The lowest BCUT2D eigenvalue weighted by Crippen LogP contribution is -2.49. The van der Waals surface area contributed by atoms with Crippen LogP contribution in [0, 0.1) is 5.92 Å². The van der Waals surface area contributed by atoms with Crippen molar-refractivity contribution in [2.24, 2.45) is 5.92 Å². The van der Waals surface area contributed by atoms with Crippen LogP contribution in [0.1, 0.15) is 26.7 Å². The molecule has 0 spiro atoms. The molecule has 1 heterocycles. The van der Waals surface area contributed by atoms with Crippen molar-refractivity contribution in [3.63, 3.8) is 0 Å². The van der Waals surface area contributed by atoms with Crippen molar-refractivity contribution in [3.8, 4) is 0 Å². The number of ketones is 1. The SMILES string of the molecule is CCC1CN(C(=O)C(C)(F)F)CCC1=O. The van der Waals surface area contributed by atoms with Crippen LogP contribution in [-0.4, -0.2) is 35.6 Å². The molecule has 1 aliphatic heterocycles. The number of carbonyl (C=O) groups is 2. The van der Waals surface area contributed by atoms with E-state index in [0.717, 1.165) is 4.90 Å². The monoisotopic (exact) mass is 219 g/mol. The van der Waals surface area contributed by atoms with E-state index in [1.165, 1.54) is 0 Å². The predicted octanol–water partition coefficient (Wildman–Crippen LogP) is 1.47. The van der Waals surface area contributed by atoms with E-state index in [0.29, 0.717) is 13.3 Å². The normalized spacial score (nSPS) is 23.1. The van der Waals surface area contributed by atoms with Gasteiger partial charge < -0.3 is 4.90 Å². The first-order valence-electron chi connectivity index (χ1n) is 5.06. The standard InChI is InChI=1S/C10H15F2NO2/c1-3-7-6-13(5-4-8(7)14)9(15)10(2,11)12/h7H,3-6H2,1-2H3. The smallest absolute Gasteiger partial charge is 0.322 e. The molecule has 1 aliphatic rings. The van der Waals surface area contributed by atoms with Crippen molar-refractivity contribution < 1.29 is 18.4 Å². The molecule has 0 radical (unpaired) electrons. The van der Waals surface area contributed by atoms with E-state index < -0.39 is 11.8 Å². The van der Waals surface area contributed by atoms with E-state index in [1.54, 1.807) is 0 Å². The topological polar surface area (TPSA) is 37.4 Å². The molecule has 1 unspecified atom stereocenters. The minimum atomic E-state index is -3.33. The summed E-state index contributed by atoms with van der Waals surface area (Å²) in [6.45, 7) is 2.67. The van der Waals surface area contributed by atoms with Crippen molar-refractivity contribution in [2.75, 3.05) is 13.1 Å². The van der Waals surface area contributed by atoms with Gasteiger partial charge in [-0.15, -0.1) is 0 Å². The van der Waals surface area contributed by atoms with Gasteiger partial charge in [0.2, 0.25) is 0 Å². The fourth-order valence-electron chi connectivity index (χ4n) is 1.73. The Hall–Kier alpha value is -1.00. The third kappa shape index (κ3) is 2.73. The third-order valence-corrected chi connectivity index (χ3v) is 2.68. The molecule has 5 heteroatoms. The Bertz CT molecular complexity index is 273. The molecular weight excluding hydrogens is 204 g/mol. The fourth-order valence-corrected chi connectivity index (χ4v) is 1.73. The quantitative estimate of drug-likeness (QED) is 0.705. The van der Waals surface area contributed by atoms with E-state index in [4.69, 9.17) is 0 Å². The van der Waals surface area contributed by atoms with Gasteiger partial charge in [-0.1, -0.05) is 6.92 Å². The number of carbonyl (C=O) groups excluding carboxylic acids is 2. The molecule has 0 aromatic rings. The number of nitrogens with zero attached hydrogens (tertiary/aromatic N) is 1. The molecule has 3 nitrogen and oxygen atoms in total. The van der Waals surface area contributed by atoms with Crippen LogP contribution in [0.15, 0.2) is 0 Å². The summed E-state index contributed by atoms with van der Waals surface area (Å²) in [4.78, 5) is 23.7. The highest BCUT2D eigenvalue weighted by molar-refractivity contribution is 5.87. The van der Waals surface area contributed by atoms with Crippen LogP contribution in [0.4, 0.5) is 8.78 Å². The highest BCUT2D eigenvalue weighted by Crippen LogP contribution is 2.22. The number of Topliss-reactive ketones (excluding diaryl/α,β-unsaturated/α-hetero) is 1. The summed E-state index contributed by atoms with van der Waals surface area (Å²) in [6.07, 6.45) is 0.790. The highest BCUT2D eigenvalue weighted by Gasteiger charge is 2.39. The average molecular weight is 219 g/mol. The molecule has 86 valence electrons. The Kier molecular flexibility index (Phi) is 3.42. The van der Waals surface area contributed by atoms with Crippen molar-refractivity contribution in [1.29, 1.82) is 0 Å². The first kappa shape index (κ1) is 12.1. The molecule has 0 aromatic carbocycles. The van der Waals surface area contributed by atoms with Gasteiger partial charge in [0.1, 0.15) is 5.78 Å². The van der Waals surface area contributed by atoms with Gasteiger partial charge in [-0.2, -0.15) is 8.78 Å². The molecule has 15 heavy (non-hydrogen) atoms. The maximum atomic E-state index is 12.8. The number of piperidine rings is 1. The lowest BCUT2D eigenvalue weighted by molar-refractivity contribution is -0.157. The minimum Gasteiger partial charge on any atom is -0.336 e. The number of halogens is 2. The largest absolute Gasteiger partial charge is 0.336 e. The molecule has 1 rings (SSSR count). The zero-order valence-electron chi connectivity index (χ0n) is 8.93. The molecular formula is C10H15F2NO2. The van der Waals surface area contributed by atoms with Gasteiger partial charge >= 0.3 is 5.92 Å². The van der Waals surface area contributed by atoms with Crippen LogP contribution in [0.25, 0.3) is 0 Å². The van der Waals surface area contributed by atoms with Crippen molar-refractivity contribution in [1.82, 2.24) is 4.90 Å². The van der Waals surface area contributed by atoms with Crippen molar-refractivity contribution in [3.05, 3.63) is 0 Å². The Morgan fingerprint density at radius 3 is 2.67 bits per heavy atom. The Morgan fingerprint density at radius 1 is 1.60 bits per heavy atom. The number of rotatable bonds is 2. The number of hydrogen-bond donors (Lipinski definition) is 0. The van der Waals surface area contributed by atoms with Gasteiger partial charge in [0.25, 0.3) is 5.91 Å². The number of amides is 1. The van der Waals surface area contributed by atoms with E-state index in [-0.39, 0.29) is 31.2 Å². The van der Waals surface area contributed by atoms with Crippen LogP contribution < -0.4 is 0 Å². The molecule has 0 aromatic heterocycles. The van der Waals surface area contributed by atoms with Crippen LogP contribution >= 0.6 is 0 Å². The molecule has 1 saturated heterocycles. The van der Waals surface area contributed by atoms with Crippen molar-refractivity contribution in [2.45, 2.75) is 32.6 Å². The summed E-state index contributed by atoms with van der Waals surface area (Å²) >= 11 is 0. The second-order valence-electron chi connectivity index (χ2n) is 3.96. The van der Waals surface area contributed by atoms with Crippen molar-refractivity contribution >= 4 is 11.7 Å². The van der Waals surface area contributed by atoms with Gasteiger partial charge in [-0.3, -0.25) is 9.59 Å². The molecule has 1 atom stereocenters. The van der Waals surface area contributed by atoms with Gasteiger partial charge in [0.05, 0.1) is 0 Å². The highest BCUT2D eigenvalue weighted by atomic mass is 19.3. The summed E-state index contributed by atoms with van der Waals surface area (Å²) in [6, 6.07) is 0. The van der Waals surface area contributed by atoms with Gasteiger partial charge in [0, 0.05) is 32.4 Å². The van der Waals surface area contributed by atoms with E-state index >= 15 is 0 Å². The van der Waals surface area contributed by atoms with Crippen LogP contribution in [0.3, 0.4) is 0 Å². The average Bonchev–Trinajstić information content (AvgIpc) is 2.16. The first-order valence-corrected chi connectivity index (χ1v) is 5.06. The second kappa shape index (κ2) is 4.24. The molecule has 0 bridgehead atoms. The zero-order valence-corrected chi connectivity index (χ0v) is 8.93. The Balaban J connectivity index is 2.67. The predicted molar refractivity (Wildman–Crippen MR) is 50.6 cm³/mol. The van der Waals surface area contributed by atoms with E-state index in [9.17, 15) is 18.4 Å². The van der Waals surface area contributed by atoms with E-state index in [2.05, 4.69) is 0 Å². The van der Waals surface area contributed by atoms with Gasteiger partial charge in [-0.05, 0) is 6.42 Å². The van der Waals surface area contributed by atoms with Crippen LogP contribution in [0.5, 0.6) is 0 Å². The van der Waals surface area contributed by atoms with Crippen LogP contribution in [-0.2, 0) is 9.59 Å². The lowest BCUT2D eigenvalue weighted by Gasteiger charge is -2.32. The number of alkyl halides is 2. The first-order chi connectivity index (χ1) is 6.86. The maximum absolute atomic E-state index is 12.8. The minimum absolute atomic E-state index is 0.0703. The second-order valence-corrected chi connectivity index (χ2v) is 3.96. The van der Waals surface area contributed by atoms with Crippen LogP contribution in [0.2, 0.25) is 0 Å². The summed E-state index contributed by atoms with van der Waals surface area (Å²) in [5.41, 5.74) is 0. The summed E-state index contributed by atoms with van der Waals surface area (Å²) in [5.74, 6) is -4.71. The summed E-state index contributed by atoms with van der Waals surface area (Å²) in [7, 11) is 0. The zero-order chi connectivity index (χ0) is 11.6. The Labute approximate surface area is 87.4 Å². The molecule has 0 aliphatic carbocycles.